The number of halogens is 2. The quantitative estimate of drug-likeness (QED) is 0.275. The number of amides is 1. The molecule has 2 aromatic carbocycles. The van der Waals surface area contributed by atoms with E-state index in [9.17, 15) is 9.18 Å². The van der Waals surface area contributed by atoms with E-state index >= 15 is 0 Å². The minimum Gasteiger partial charge on any atom is -0.495 e. The lowest BCUT2D eigenvalue weighted by atomic mass is 10.1. The van der Waals surface area contributed by atoms with Crippen LogP contribution in [-0.2, 0) is 17.8 Å². The molecule has 0 aromatic heterocycles. The van der Waals surface area contributed by atoms with Gasteiger partial charge in [0.25, 0.3) is 0 Å². The number of anilines is 1. The molecular weight excluding hydrogens is 498 g/mol. The molecule has 0 atom stereocenters. The number of rotatable bonds is 8. The average molecular weight is 528 g/mol. The van der Waals surface area contributed by atoms with Gasteiger partial charge in [0.2, 0.25) is 5.91 Å². The Labute approximate surface area is 194 Å². The molecule has 0 unspecified atom stereocenters. The molecule has 6 nitrogen and oxygen atoms in total. The highest BCUT2D eigenvalue weighted by Gasteiger charge is 2.07. The fourth-order valence-corrected chi connectivity index (χ4v) is 2.91. The molecule has 0 saturated heterocycles. The van der Waals surface area contributed by atoms with Crippen LogP contribution in [0.4, 0.5) is 10.1 Å². The topological polar surface area (TPSA) is 74.8 Å². The van der Waals surface area contributed by atoms with E-state index in [1.54, 1.807) is 13.2 Å². The van der Waals surface area contributed by atoms with Crippen LogP contribution in [0.2, 0.25) is 0 Å². The van der Waals surface area contributed by atoms with E-state index in [4.69, 9.17) is 4.74 Å². The van der Waals surface area contributed by atoms with Gasteiger partial charge in [-0.15, -0.1) is 24.0 Å². The zero-order valence-corrected chi connectivity index (χ0v) is 20.2. The first-order valence-electron chi connectivity index (χ1n) is 9.64. The molecule has 8 heteroatoms. The Kier molecular flexibility index (Phi) is 11.2. The minimum absolute atomic E-state index is 0. The van der Waals surface area contributed by atoms with Gasteiger partial charge in [-0.25, -0.2) is 9.38 Å². The van der Waals surface area contributed by atoms with Gasteiger partial charge >= 0.3 is 0 Å². The van der Waals surface area contributed by atoms with Crippen LogP contribution in [0, 0.1) is 12.7 Å². The molecule has 30 heavy (non-hydrogen) atoms. The van der Waals surface area contributed by atoms with Gasteiger partial charge in [-0.2, -0.15) is 0 Å². The van der Waals surface area contributed by atoms with Gasteiger partial charge in [0.05, 0.1) is 19.3 Å². The van der Waals surface area contributed by atoms with E-state index in [-0.39, 0.29) is 35.7 Å². The number of ether oxygens (including phenoxy) is 1. The summed E-state index contributed by atoms with van der Waals surface area (Å²) >= 11 is 0. The second-order valence-electron chi connectivity index (χ2n) is 6.66. The van der Waals surface area contributed by atoms with Crippen LogP contribution >= 0.6 is 24.0 Å². The monoisotopic (exact) mass is 528 g/mol. The molecular formula is C22H30FIN4O2. The molecule has 0 aliphatic heterocycles. The van der Waals surface area contributed by atoms with Crippen molar-refractivity contribution in [3.63, 3.8) is 0 Å². The first-order chi connectivity index (χ1) is 13.9. The number of hydrogen-bond donors (Lipinski definition) is 3. The van der Waals surface area contributed by atoms with Crippen molar-refractivity contribution in [2.24, 2.45) is 4.99 Å². The van der Waals surface area contributed by atoms with Crippen LogP contribution in [0.25, 0.3) is 0 Å². The molecule has 2 rings (SSSR count). The van der Waals surface area contributed by atoms with Crippen molar-refractivity contribution in [1.29, 1.82) is 0 Å². The van der Waals surface area contributed by atoms with Crippen LogP contribution in [0.5, 0.6) is 5.75 Å². The van der Waals surface area contributed by atoms with Gasteiger partial charge in [0, 0.05) is 20.0 Å². The number of nitrogens with zero attached hydrogens (tertiary/aromatic N) is 1. The molecule has 0 aliphatic carbocycles. The predicted molar refractivity (Wildman–Crippen MR) is 130 cm³/mol. The van der Waals surface area contributed by atoms with Crippen molar-refractivity contribution in [3.8, 4) is 5.75 Å². The van der Waals surface area contributed by atoms with Crippen molar-refractivity contribution in [3.05, 3.63) is 58.9 Å². The zero-order valence-electron chi connectivity index (χ0n) is 17.8. The average Bonchev–Trinajstić information content (AvgIpc) is 2.67. The van der Waals surface area contributed by atoms with Crippen molar-refractivity contribution in [2.45, 2.75) is 33.7 Å². The standard InChI is InChI=1S/C22H29FN4O2.HI/c1-5-24-22(25-11-10-18-7-8-19(23)12-15(18)2)26-14-17-6-9-21(29-4)20(13-17)27-16(3)28;/h6-9,12-13H,5,10-11,14H2,1-4H3,(H,27,28)(H2,24,25,26);1H. The third-order valence-electron chi connectivity index (χ3n) is 4.33. The number of carbonyl (C=O) groups is 1. The van der Waals surface area contributed by atoms with Crippen LogP contribution in [-0.4, -0.2) is 32.1 Å². The Morgan fingerprint density at radius 3 is 2.57 bits per heavy atom. The largest absolute Gasteiger partial charge is 0.495 e. The molecule has 0 bridgehead atoms. The molecule has 0 fully saturated rings. The molecule has 0 spiro atoms. The third-order valence-corrected chi connectivity index (χ3v) is 4.33. The predicted octanol–water partition coefficient (Wildman–Crippen LogP) is 4.02. The van der Waals surface area contributed by atoms with Gasteiger partial charge in [-0.05, 0) is 61.2 Å². The highest BCUT2D eigenvalue weighted by Crippen LogP contribution is 2.25. The van der Waals surface area contributed by atoms with E-state index in [1.807, 2.05) is 38.1 Å². The van der Waals surface area contributed by atoms with Crippen LogP contribution < -0.4 is 20.7 Å². The number of nitrogens with one attached hydrogen (secondary N) is 3. The molecule has 164 valence electrons. The molecule has 3 N–H and O–H groups in total. The molecule has 0 radical (unpaired) electrons. The maximum absolute atomic E-state index is 13.2. The lowest BCUT2D eigenvalue weighted by Crippen LogP contribution is -2.38. The summed E-state index contributed by atoms with van der Waals surface area (Å²) in [5, 5.41) is 9.29. The van der Waals surface area contributed by atoms with E-state index < -0.39 is 0 Å². The van der Waals surface area contributed by atoms with Crippen LogP contribution in [0.3, 0.4) is 0 Å². The van der Waals surface area contributed by atoms with Gasteiger partial charge < -0.3 is 20.7 Å². The molecule has 1 amide bonds. The number of carbonyl (C=O) groups excluding carboxylic acids is 1. The highest BCUT2D eigenvalue weighted by atomic mass is 127. The second kappa shape index (κ2) is 13.0. The fourth-order valence-electron chi connectivity index (χ4n) is 2.91. The molecule has 0 aliphatic rings. The van der Waals surface area contributed by atoms with Crippen molar-refractivity contribution >= 4 is 41.5 Å². The Morgan fingerprint density at radius 2 is 1.93 bits per heavy atom. The molecule has 0 saturated carbocycles. The molecule has 2 aromatic rings. The maximum Gasteiger partial charge on any atom is 0.221 e. The number of methoxy groups -OCH3 is 1. The Balaban J connectivity index is 0.00000450. The van der Waals surface area contributed by atoms with Crippen molar-refractivity contribution in [1.82, 2.24) is 10.6 Å². The number of benzene rings is 2. The zero-order chi connectivity index (χ0) is 21.2. The van der Waals surface area contributed by atoms with Gasteiger partial charge in [0.1, 0.15) is 11.6 Å². The lowest BCUT2D eigenvalue weighted by molar-refractivity contribution is -0.114. The van der Waals surface area contributed by atoms with Gasteiger partial charge in [0.15, 0.2) is 5.96 Å². The summed E-state index contributed by atoms with van der Waals surface area (Å²) in [6.07, 6.45) is 0.770. The Morgan fingerprint density at radius 1 is 1.17 bits per heavy atom. The van der Waals surface area contributed by atoms with Gasteiger partial charge in [-0.1, -0.05) is 12.1 Å². The lowest BCUT2D eigenvalue weighted by Gasteiger charge is -2.13. The fraction of sp³-hybridized carbons (Fsp3) is 0.364. The third kappa shape index (κ3) is 8.17. The van der Waals surface area contributed by atoms with E-state index in [0.29, 0.717) is 30.5 Å². The maximum atomic E-state index is 13.2. The molecule has 0 heterocycles. The highest BCUT2D eigenvalue weighted by molar-refractivity contribution is 14.0. The van der Waals surface area contributed by atoms with E-state index in [2.05, 4.69) is 20.9 Å². The SMILES string of the molecule is CCNC(=NCc1ccc(OC)c(NC(C)=O)c1)NCCc1ccc(F)cc1C.I. The van der Waals surface area contributed by atoms with Crippen molar-refractivity contribution < 1.29 is 13.9 Å². The minimum atomic E-state index is -0.216. The van der Waals surface area contributed by atoms with Gasteiger partial charge in [-0.3, -0.25) is 4.79 Å². The van der Waals surface area contributed by atoms with Crippen LogP contribution in [0.15, 0.2) is 41.4 Å². The number of aliphatic imine (C=N–C) groups is 1. The second-order valence-corrected chi connectivity index (χ2v) is 6.66. The first kappa shape index (κ1) is 25.7. The van der Waals surface area contributed by atoms with Crippen LogP contribution in [0.1, 0.15) is 30.5 Å². The summed E-state index contributed by atoms with van der Waals surface area (Å²) < 4.78 is 18.5. The Bertz CT molecular complexity index is 874. The number of guanidine groups is 1. The number of hydrogen-bond acceptors (Lipinski definition) is 3. The summed E-state index contributed by atoms with van der Waals surface area (Å²) in [4.78, 5) is 16.0. The van der Waals surface area contributed by atoms with Crippen molar-refractivity contribution in [2.75, 3.05) is 25.5 Å². The van der Waals surface area contributed by atoms with E-state index in [0.717, 1.165) is 29.7 Å². The summed E-state index contributed by atoms with van der Waals surface area (Å²) in [6.45, 7) is 7.23. The summed E-state index contributed by atoms with van der Waals surface area (Å²) in [5.74, 6) is 0.930. The number of aryl methyl sites for hydroxylation is 1. The summed E-state index contributed by atoms with van der Waals surface area (Å²) in [7, 11) is 1.56. The first-order valence-corrected chi connectivity index (χ1v) is 9.64. The summed E-state index contributed by atoms with van der Waals surface area (Å²) in [6, 6.07) is 10.4. The smallest absolute Gasteiger partial charge is 0.221 e. The Hall–Kier alpha value is -2.36. The van der Waals surface area contributed by atoms with E-state index in [1.165, 1.54) is 13.0 Å². The normalized spacial score (nSPS) is 10.8. The summed E-state index contributed by atoms with van der Waals surface area (Å²) in [5.41, 5.74) is 3.61.